The number of benzene rings is 3. The van der Waals surface area contributed by atoms with E-state index in [-0.39, 0.29) is 6.04 Å². The highest BCUT2D eigenvalue weighted by Gasteiger charge is 2.41. The zero-order valence-corrected chi connectivity index (χ0v) is 19.9. The zero-order chi connectivity index (χ0) is 23.4. The molecule has 2 aliphatic heterocycles. The molecule has 2 aliphatic rings. The molecule has 1 aromatic heterocycles. The van der Waals surface area contributed by atoms with Gasteiger partial charge in [0.1, 0.15) is 23.9 Å². The summed E-state index contributed by atoms with van der Waals surface area (Å²) < 4.78 is 14.0. The average molecular weight is 491 g/mol. The van der Waals surface area contributed by atoms with Crippen LogP contribution in [-0.2, 0) is 0 Å². The molecule has 0 amide bonds. The van der Waals surface area contributed by atoms with Crippen LogP contribution in [0.25, 0.3) is 5.70 Å². The van der Waals surface area contributed by atoms with Crippen molar-refractivity contribution < 1.29 is 9.47 Å². The summed E-state index contributed by atoms with van der Waals surface area (Å²) in [4.78, 5) is 4.47. The Morgan fingerprint density at radius 3 is 2.62 bits per heavy atom. The fraction of sp³-hybridized carbons (Fsp3) is 0.154. The molecule has 1 N–H and O–H groups in total. The molecule has 0 aliphatic carbocycles. The van der Waals surface area contributed by atoms with Crippen LogP contribution in [-0.4, -0.2) is 21.9 Å². The lowest BCUT2D eigenvalue weighted by atomic mass is 9.84. The first-order valence-electron chi connectivity index (χ1n) is 10.8. The van der Waals surface area contributed by atoms with E-state index in [1.165, 1.54) is 5.56 Å². The molecule has 0 bridgehead atoms. The molecule has 8 heteroatoms. The molecule has 6 rings (SSSR count). The van der Waals surface area contributed by atoms with Crippen LogP contribution in [0.4, 0.5) is 5.95 Å². The molecule has 0 saturated carbocycles. The van der Waals surface area contributed by atoms with Gasteiger partial charge in [-0.1, -0.05) is 59.1 Å². The highest BCUT2D eigenvalue weighted by Crippen LogP contribution is 2.52. The van der Waals surface area contributed by atoms with Crippen LogP contribution >= 0.6 is 23.2 Å². The fourth-order valence-corrected chi connectivity index (χ4v) is 5.13. The number of methoxy groups -OCH3 is 1. The lowest BCUT2D eigenvalue weighted by Gasteiger charge is -2.39. The van der Waals surface area contributed by atoms with Crippen LogP contribution in [0.2, 0.25) is 10.0 Å². The van der Waals surface area contributed by atoms with Gasteiger partial charge in [0.05, 0.1) is 12.8 Å². The standard InChI is InChI=1S/C26H20Cl2N4O2/c1-14-3-5-15(6-4-14)24-22-23(31-26-29-13-30-32(24)26)19-12-17(33-2)8-10-21(19)34-25(22)18-9-7-16(27)11-20(18)28/h3-13,24-25H,1-2H3,(H,29,30,31)/t24-,25-/m1/s1. The normalized spacial score (nSPS) is 18.4. The first-order valence-corrected chi connectivity index (χ1v) is 11.6. The number of nitrogens with zero attached hydrogens (tertiary/aromatic N) is 3. The van der Waals surface area contributed by atoms with E-state index in [1.807, 2.05) is 35.0 Å². The maximum absolute atomic E-state index is 6.70. The Morgan fingerprint density at radius 2 is 1.85 bits per heavy atom. The van der Waals surface area contributed by atoms with Gasteiger partial charge in [-0.25, -0.2) is 4.68 Å². The Bertz CT molecular complexity index is 1450. The molecule has 2 atom stereocenters. The highest BCUT2D eigenvalue weighted by molar-refractivity contribution is 6.35. The topological polar surface area (TPSA) is 61.2 Å². The molecule has 6 nitrogen and oxygen atoms in total. The maximum atomic E-state index is 6.70. The Kier molecular flexibility index (Phi) is 5.01. The summed E-state index contributed by atoms with van der Waals surface area (Å²) in [6.45, 7) is 2.07. The van der Waals surface area contributed by atoms with E-state index in [9.17, 15) is 0 Å². The molecule has 4 aromatic rings. The number of hydrogen-bond donors (Lipinski definition) is 1. The van der Waals surface area contributed by atoms with E-state index >= 15 is 0 Å². The molecular weight excluding hydrogens is 471 g/mol. The number of ether oxygens (including phenoxy) is 2. The molecule has 0 radical (unpaired) electrons. The number of nitrogens with one attached hydrogen (secondary N) is 1. The third-order valence-electron chi connectivity index (χ3n) is 6.26. The van der Waals surface area contributed by atoms with E-state index in [1.54, 1.807) is 19.5 Å². The van der Waals surface area contributed by atoms with E-state index in [0.29, 0.717) is 16.0 Å². The van der Waals surface area contributed by atoms with Crippen molar-refractivity contribution in [3.05, 3.63) is 105 Å². The van der Waals surface area contributed by atoms with Crippen LogP contribution in [0.3, 0.4) is 0 Å². The number of anilines is 1. The number of halogens is 2. The minimum atomic E-state index is -0.475. The van der Waals surface area contributed by atoms with Crippen molar-refractivity contribution in [3.63, 3.8) is 0 Å². The molecule has 0 unspecified atom stereocenters. The van der Waals surface area contributed by atoms with Gasteiger partial charge in [0.2, 0.25) is 5.95 Å². The summed E-state index contributed by atoms with van der Waals surface area (Å²) in [5.41, 5.74) is 5.84. The van der Waals surface area contributed by atoms with Gasteiger partial charge < -0.3 is 14.8 Å². The number of hydrogen-bond acceptors (Lipinski definition) is 5. The van der Waals surface area contributed by atoms with Crippen molar-refractivity contribution >= 4 is 34.8 Å². The fourth-order valence-electron chi connectivity index (χ4n) is 4.62. The lowest BCUT2D eigenvalue weighted by molar-refractivity contribution is 0.223. The summed E-state index contributed by atoms with van der Waals surface area (Å²) in [5, 5.41) is 9.15. The largest absolute Gasteiger partial charge is 0.497 e. The summed E-state index contributed by atoms with van der Waals surface area (Å²) in [6.07, 6.45) is 1.08. The molecule has 0 saturated heterocycles. The van der Waals surface area contributed by atoms with Gasteiger partial charge >= 0.3 is 0 Å². The Labute approximate surface area is 206 Å². The van der Waals surface area contributed by atoms with E-state index in [0.717, 1.165) is 39.5 Å². The predicted octanol–water partition coefficient (Wildman–Crippen LogP) is 6.46. The molecule has 0 fully saturated rings. The van der Waals surface area contributed by atoms with Crippen molar-refractivity contribution in [1.82, 2.24) is 14.8 Å². The SMILES string of the molecule is COc1ccc2c(c1)C1=C([C@@H](c3ccc(Cl)cc3Cl)O2)[C@@H](c2ccc(C)cc2)n2ncnc2N1. The van der Waals surface area contributed by atoms with Gasteiger partial charge in [0.25, 0.3) is 0 Å². The number of fused-ring (bicyclic) bond motifs is 3. The maximum Gasteiger partial charge on any atom is 0.226 e. The van der Waals surface area contributed by atoms with Gasteiger partial charge in [0, 0.05) is 26.7 Å². The first kappa shape index (κ1) is 21.1. The van der Waals surface area contributed by atoms with Crippen LogP contribution in [0.1, 0.15) is 34.4 Å². The quantitative estimate of drug-likeness (QED) is 0.356. The van der Waals surface area contributed by atoms with E-state index in [4.69, 9.17) is 32.7 Å². The zero-order valence-electron chi connectivity index (χ0n) is 18.4. The molecule has 3 heterocycles. The minimum absolute atomic E-state index is 0.259. The monoisotopic (exact) mass is 490 g/mol. The van der Waals surface area contributed by atoms with Crippen molar-refractivity contribution in [2.75, 3.05) is 12.4 Å². The molecule has 34 heavy (non-hydrogen) atoms. The number of rotatable bonds is 3. The highest BCUT2D eigenvalue weighted by atomic mass is 35.5. The van der Waals surface area contributed by atoms with Crippen LogP contribution in [0.5, 0.6) is 11.5 Å². The van der Waals surface area contributed by atoms with Crippen molar-refractivity contribution in [2.24, 2.45) is 0 Å². The summed E-state index contributed by atoms with van der Waals surface area (Å²) in [7, 11) is 1.65. The molecular formula is C26H20Cl2N4O2. The summed E-state index contributed by atoms with van der Waals surface area (Å²) in [5.74, 6) is 2.11. The van der Waals surface area contributed by atoms with Crippen LogP contribution < -0.4 is 14.8 Å². The first-order chi connectivity index (χ1) is 16.5. The van der Waals surface area contributed by atoms with Crippen molar-refractivity contribution in [2.45, 2.75) is 19.1 Å². The van der Waals surface area contributed by atoms with Gasteiger partial charge in [-0.2, -0.15) is 10.1 Å². The predicted molar refractivity (Wildman–Crippen MR) is 133 cm³/mol. The smallest absolute Gasteiger partial charge is 0.226 e. The summed E-state index contributed by atoms with van der Waals surface area (Å²) in [6, 6.07) is 19.4. The van der Waals surface area contributed by atoms with Crippen molar-refractivity contribution in [3.8, 4) is 11.5 Å². The second-order valence-corrected chi connectivity index (χ2v) is 9.17. The minimum Gasteiger partial charge on any atom is -0.497 e. The Hall–Kier alpha value is -3.48. The third kappa shape index (κ3) is 3.33. The number of aryl methyl sites for hydroxylation is 1. The average Bonchev–Trinajstić information content (AvgIpc) is 3.31. The van der Waals surface area contributed by atoms with E-state index in [2.05, 4.69) is 46.6 Å². The Morgan fingerprint density at radius 1 is 1.03 bits per heavy atom. The second-order valence-electron chi connectivity index (χ2n) is 8.32. The van der Waals surface area contributed by atoms with Crippen molar-refractivity contribution in [1.29, 1.82) is 0 Å². The molecule has 3 aromatic carbocycles. The van der Waals surface area contributed by atoms with E-state index < -0.39 is 6.10 Å². The van der Waals surface area contributed by atoms with Crippen LogP contribution in [0.15, 0.2) is 72.6 Å². The van der Waals surface area contributed by atoms with Gasteiger partial charge in [-0.15, -0.1) is 0 Å². The van der Waals surface area contributed by atoms with Gasteiger partial charge in [0.15, 0.2) is 6.10 Å². The molecule has 170 valence electrons. The molecule has 0 spiro atoms. The summed E-state index contributed by atoms with van der Waals surface area (Å²) >= 11 is 12.9. The van der Waals surface area contributed by atoms with Gasteiger partial charge in [-0.3, -0.25) is 0 Å². The van der Waals surface area contributed by atoms with Crippen LogP contribution in [0, 0.1) is 6.92 Å². The van der Waals surface area contributed by atoms with Gasteiger partial charge in [-0.05, 0) is 42.8 Å². The Balaban J connectivity index is 1.64. The number of aromatic nitrogens is 3. The third-order valence-corrected chi connectivity index (χ3v) is 6.82. The second kappa shape index (κ2) is 8.08. The lowest BCUT2D eigenvalue weighted by Crippen LogP contribution is -2.32.